The summed E-state index contributed by atoms with van der Waals surface area (Å²) in [6.07, 6.45) is 0. The molecule has 2 N–H and O–H groups in total. The molecule has 18 heavy (non-hydrogen) atoms. The molecule has 0 aliphatic carbocycles. The smallest absolute Gasteiger partial charge is 0.138 e. The minimum absolute atomic E-state index is 0.141. The van der Waals surface area contributed by atoms with Gasteiger partial charge in [0.25, 0.3) is 0 Å². The monoisotopic (exact) mass is 240 g/mol. The van der Waals surface area contributed by atoms with Gasteiger partial charge >= 0.3 is 0 Å². The number of hydrogen-bond donors (Lipinski definition) is 2. The maximum atomic E-state index is 9.33. The lowest BCUT2D eigenvalue weighted by Crippen LogP contribution is -1.87. The van der Waals surface area contributed by atoms with Crippen molar-refractivity contribution in [1.82, 2.24) is 0 Å². The van der Waals surface area contributed by atoms with Crippen LogP contribution in [-0.2, 0) is 0 Å². The van der Waals surface area contributed by atoms with E-state index in [-0.39, 0.29) is 11.5 Å². The molecule has 0 amide bonds. The molecule has 0 spiro atoms. The Morgan fingerprint density at radius 3 is 2.22 bits per heavy atom. The fourth-order valence-corrected chi connectivity index (χ4v) is 1.47. The number of rotatable bonds is 1. The van der Waals surface area contributed by atoms with Gasteiger partial charge in [-0.05, 0) is 36.4 Å². The minimum Gasteiger partial charge on any atom is -0.508 e. The van der Waals surface area contributed by atoms with E-state index in [2.05, 4.69) is 11.8 Å². The number of methoxy groups -OCH3 is 1. The van der Waals surface area contributed by atoms with Crippen LogP contribution in [0.3, 0.4) is 0 Å². The summed E-state index contributed by atoms with van der Waals surface area (Å²) in [4.78, 5) is 0. The minimum atomic E-state index is 0.141. The third kappa shape index (κ3) is 2.74. The van der Waals surface area contributed by atoms with Crippen LogP contribution in [0.25, 0.3) is 0 Å². The predicted molar refractivity (Wildman–Crippen MR) is 68.7 cm³/mol. The van der Waals surface area contributed by atoms with Crippen LogP contribution in [0.5, 0.6) is 17.2 Å². The molecule has 0 atom stereocenters. The first-order chi connectivity index (χ1) is 8.69. The van der Waals surface area contributed by atoms with E-state index in [1.807, 2.05) is 0 Å². The van der Waals surface area contributed by atoms with Crippen LogP contribution < -0.4 is 4.74 Å². The zero-order valence-corrected chi connectivity index (χ0v) is 9.84. The molecule has 0 saturated heterocycles. The molecule has 0 aliphatic heterocycles. The summed E-state index contributed by atoms with van der Waals surface area (Å²) < 4.78 is 5.13. The molecule has 3 heteroatoms. The highest BCUT2D eigenvalue weighted by Gasteiger charge is 2.00. The van der Waals surface area contributed by atoms with Crippen LogP contribution in [0.4, 0.5) is 0 Å². The van der Waals surface area contributed by atoms with Crippen molar-refractivity contribution >= 4 is 0 Å². The maximum absolute atomic E-state index is 9.33. The molecule has 2 aromatic carbocycles. The Morgan fingerprint density at radius 1 is 0.889 bits per heavy atom. The summed E-state index contributed by atoms with van der Waals surface area (Å²) in [6.45, 7) is 0. The molecule has 0 saturated carbocycles. The van der Waals surface area contributed by atoms with Crippen molar-refractivity contribution in [3.05, 3.63) is 53.6 Å². The van der Waals surface area contributed by atoms with Crippen molar-refractivity contribution in [2.45, 2.75) is 0 Å². The largest absolute Gasteiger partial charge is 0.508 e. The van der Waals surface area contributed by atoms with Crippen molar-refractivity contribution in [3.8, 4) is 29.1 Å². The van der Waals surface area contributed by atoms with E-state index in [0.717, 1.165) is 5.56 Å². The summed E-state index contributed by atoms with van der Waals surface area (Å²) in [5.41, 5.74) is 1.49. The SMILES string of the molecule is COc1cc(O)ccc1C#Cc1ccc(O)cc1. The van der Waals surface area contributed by atoms with Crippen LogP contribution in [-0.4, -0.2) is 17.3 Å². The molecule has 0 aromatic heterocycles. The van der Waals surface area contributed by atoms with Gasteiger partial charge in [-0.25, -0.2) is 0 Å². The van der Waals surface area contributed by atoms with Crippen LogP contribution >= 0.6 is 0 Å². The lowest BCUT2D eigenvalue weighted by Gasteiger charge is -2.02. The third-order valence-electron chi connectivity index (χ3n) is 2.39. The van der Waals surface area contributed by atoms with Gasteiger partial charge in [0.2, 0.25) is 0 Å². The lowest BCUT2D eigenvalue weighted by atomic mass is 10.1. The van der Waals surface area contributed by atoms with E-state index in [1.54, 1.807) is 36.4 Å². The molecule has 3 nitrogen and oxygen atoms in total. The maximum Gasteiger partial charge on any atom is 0.138 e. The van der Waals surface area contributed by atoms with Gasteiger partial charge in [-0.3, -0.25) is 0 Å². The molecule has 0 bridgehead atoms. The first-order valence-electron chi connectivity index (χ1n) is 5.37. The van der Waals surface area contributed by atoms with E-state index in [0.29, 0.717) is 11.3 Å². The van der Waals surface area contributed by atoms with E-state index >= 15 is 0 Å². The topological polar surface area (TPSA) is 49.7 Å². The fraction of sp³-hybridized carbons (Fsp3) is 0.0667. The standard InChI is InChI=1S/C15H12O3/c1-18-15-10-14(17)9-6-12(15)5-2-11-3-7-13(16)8-4-11/h3-4,6-10,16-17H,1H3. The molecule has 2 rings (SSSR count). The van der Waals surface area contributed by atoms with Gasteiger partial charge in [0.05, 0.1) is 12.7 Å². The summed E-state index contributed by atoms with van der Waals surface area (Å²) in [5, 5.41) is 18.5. The number of hydrogen-bond acceptors (Lipinski definition) is 3. The Morgan fingerprint density at radius 2 is 1.56 bits per heavy atom. The van der Waals surface area contributed by atoms with E-state index in [4.69, 9.17) is 9.84 Å². The van der Waals surface area contributed by atoms with Crippen LogP contribution in [0, 0.1) is 11.8 Å². The van der Waals surface area contributed by atoms with Gasteiger partial charge in [0.1, 0.15) is 17.2 Å². The number of benzene rings is 2. The normalized spacial score (nSPS) is 9.39. The fourth-order valence-electron chi connectivity index (χ4n) is 1.47. The Bertz CT molecular complexity index is 604. The number of phenols is 2. The molecule has 0 heterocycles. The molecule has 90 valence electrons. The van der Waals surface area contributed by atoms with Gasteiger partial charge in [-0.15, -0.1) is 0 Å². The average molecular weight is 240 g/mol. The molecule has 0 radical (unpaired) electrons. The summed E-state index contributed by atoms with van der Waals surface area (Å²) in [6, 6.07) is 11.4. The Labute approximate surface area is 105 Å². The first-order valence-corrected chi connectivity index (χ1v) is 5.37. The quantitative estimate of drug-likeness (QED) is 0.753. The molecule has 2 aromatic rings. The number of ether oxygens (including phenoxy) is 1. The van der Waals surface area contributed by atoms with E-state index in [9.17, 15) is 5.11 Å². The Hall–Kier alpha value is -2.60. The van der Waals surface area contributed by atoms with Crippen LogP contribution in [0.1, 0.15) is 11.1 Å². The van der Waals surface area contributed by atoms with Crippen LogP contribution in [0.2, 0.25) is 0 Å². The predicted octanol–water partition coefficient (Wildman–Crippen LogP) is 2.51. The van der Waals surface area contributed by atoms with Crippen molar-refractivity contribution in [1.29, 1.82) is 0 Å². The van der Waals surface area contributed by atoms with Crippen molar-refractivity contribution in [2.75, 3.05) is 7.11 Å². The number of aromatic hydroxyl groups is 2. The number of phenolic OH excluding ortho intramolecular Hbond substituents is 2. The van der Waals surface area contributed by atoms with Crippen molar-refractivity contribution in [2.24, 2.45) is 0 Å². The first kappa shape index (κ1) is 11.9. The van der Waals surface area contributed by atoms with Gasteiger partial charge in [-0.1, -0.05) is 11.8 Å². The van der Waals surface area contributed by atoms with E-state index in [1.165, 1.54) is 13.2 Å². The lowest BCUT2D eigenvalue weighted by molar-refractivity contribution is 0.406. The third-order valence-corrected chi connectivity index (χ3v) is 2.39. The van der Waals surface area contributed by atoms with Crippen LogP contribution in [0.15, 0.2) is 42.5 Å². The molecule has 0 fully saturated rings. The van der Waals surface area contributed by atoms with E-state index < -0.39 is 0 Å². The molecule has 0 aliphatic rings. The molecular weight excluding hydrogens is 228 g/mol. The zero-order chi connectivity index (χ0) is 13.0. The summed E-state index contributed by atoms with van der Waals surface area (Å²) >= 11 is 0. The zero-order valence-electron chi connectivity index (χ0n) is 9.84. The highest BCUT2D eigenvalue weighted by Crippen LogP contribution is 2.22. The second-order valence-corrected chi connectivity index (χ2v) is 3.68. The highest BCUT2D eigenvalue weighted by atomic mass is 16.5. The van der Waals surface area contributed by atoms with Crippen molar-refractivity contribution < 1.29 is 14.9 Å². The Balaban J connectivity index is 2.32. The van der Waals surface area contributed by atoms with Gasteiger partial charge in [-0.2, -0.15) is 0 Å². The highest BCUT2D eigenvalue weighted by molar-refractivity contribution is 5.52. The second-order valence-electron chi connectivity index (χ2n) is 3.68. The summed E-state index contributed by atoms with van der Waals surface area (Å²) in [7, 11) is 1.53. The van der Waals surface area contributed by atoms with Gasteiger partial charge in [0, 0.05) is 11.6 Å². The summed E-state index contributed by atoms with van der Waals surface area (Å²) in [5.74, 6) is 6.80. The molecular formula is C15H12O3. The Kier molecular flexibility index (Phi) is 3.40. The van der Waals surface area contributed by atoms with Gasteiger partial charge in [0.15, 0.2) is 0 Å². The second kappa shape index (κ2) is 5.15. The van der Waals surface area contributed by atoms with Crippen molar-refractivity contribution in [3.63, 3.8) is 0 Å². The molecule has 0 unspecified atom stereocenters. The average Bonchev–Trinajstić information content (AvgIpc) is 2.39. The van der Waals surface area contributed by atoms with Gasteiger partial charge < -0.3 is 14.9 Å².